The second-order valence-electron chi connectivity index (χ2n) is 29.7. The van der Waals surface area contributed by atoms with Crippen LogP contribution in [0.3, 0.4) is 0 Å². The number of likely N-dealkylation sites (N-methyl/N-ethyl adjacent to an activating group) is 2. The highest BCUT2D eigenvalue weighted by atomic mass is 16.5. The third kappa shape index (κ3) is 19.9. The number of nitrogens with zero attached hydrogens (tertiary/aromatic N) is 19. The molecule has 3 aliphatic rings. The Morgan fingerprint density at radius 2 is 0.798 bits per heavy atom. The van der Waals surface area contributed by atoms with Crippen molar-refractivity contribution in [1.82, 2.24) is 83.7 Å². The molecule has 7 N–H and O–H groups in total. The highest BCUT2D eigenvalue weighted by molar-refractivity contribution is 6.02. The van der Waals surface area contributed by atoms with Crippen LogP contribution < -0.4 is 46.5 Å². The number of anilines is 6. The first-order chi connectivity index (χ1) is 60.3. The predicted molar refractivity (Wildman–Crippen MR) is 484 cm³/mol. The van der Waals surface area contributed by atoms with Gasteiger partial charge in [-0.3, -0.25) is 14.4 Å². The molecule has 0 spiro atoms. The topological polar surface area (TPSA) is 342 Å². The van der Waals surface area contributed by atoms with Crippen molar-refractivity contribution < 1.29 is 28.6 Å². The van der Waals surface area contributed by atoms with Crippen LogP contribution in [-0.2, 0) is 14.4 Å². The van der Waals surface area contributed by atoms with E-state index in [0.29, 0.717) is 103 Å². The van der Waals surface area contributed by atoms with Crippen LogP contribution in [0.15, 0.2) is 299 Å². The van der Waals surface area contributed by atoms with Gasteiger partial charge in [0.2, 0.25) is 17.7 Å². The summed E-state index contributed by atoms with van der Waals surface area (Å²) < 4.78 is 23.8. The number of benzene rings is 6. The van der Waals surface area contributed by atoms with E-state index in [1.807, 2.05) is 285 Å². The maximum absolute atomic E-state index is 13.1. The van der Waals surface area contributed by atoms with Gasteiger partial charge >= 0.3 is 0 Å². The van der Waals surface area contributed by atoms with Crippen LogP contribution in [0.25, 0.3) is 66.7 Å². The number of nitrogens with two attached hydrogens (primary N) is 3. The van der Waals surface area contributed by atoms with E-state index in [-0.39, 0.29) is 43.3 Å². The molecule has 3 amide bonds. The summed E-state index contributed by atoms with van der Waals surface area (Å²) in [7, 11) is 3.90. The van der Waals surface area contributed by atoms with E-state index >= 15 is 0 Å². The Kier molecular flexibility index (Phi) is 26.5. The zero-order valence-electron chi connectivity index (χ0n) is 67.9. The van der Waals surface area contributed by atoms with Gasteiger partial charge in [-0.25, -0.2) is 54.2 Å². The molecule has 626 valence electrons. The highest BCUT2D eigenvalue weighted by Gasteiger charge is 2.33. The molecule has 0 aliphatic carbocycles. The third-order valence-corrected chi connectivity index (χ3v) is 21.5. The van der Waals surface area contributed by atoms with Gasteiger partial charge < -0.3 is 65.8 Å². The lowest BCUT2D eigenvalue weighted by Crippen LogP contribution is -2.39. The van der Waals surface area contributed by atoms with Crippen LogP contribution in [0.2, 0.25) is 0 Å². The maximum Gasteiger partial charge on any atom is 0.246 e. The summed E-state index contributed by atoms with van der Waals surface area (Å²) in [5.41, 5.74) is 26.2. The van der Waals surface area contributed by atoms with E-state index in [1.54, 1.807) is 36.8 Å². The first kappa shape index (κ1) is 83.4. The van der Waals surface area contributed by atoms with Gasteiger partial charge in [0.05, 0.1) is 34.3 Å². The number of rotatable bonds is 24. The second-order valence-corrected chi connectivity index (χ2v) is 29.7. The lowest BCUT2D eigenvalue weighted by molar-refractivity contribution is -0.127. The van der Waals surface area contributed by atoms with Gasteiger partial charge in [-0.2, -0.15) is 10.2 Å². The summed E-state index contributed by atoms with van der Waals surface area (Å²) in [4.78, 5) is 87.8. The number of nitrogen functional groups attached to an aromatic ring is 3. The number of hydrogen-bond acceptors (Lipinski definition) is 23. The van der Waals surface area contributed by atoms with Crippen molar-refractivity contribution in [3.05, 3.63) is 299 Å². The summed E-state index contributed by atoms with van der Waals surface area (Å²) in [6, 6.07) is 69.5. The standard InChI is InChI=1S/C33H33N7O2.C31H30N8O2.C30H28N8O2.CH4/c1-38(29-12-5-6-18-35-29)19-8-13-30(41)39-20-7-9-25(21-39)40-22-28(31-32(34)36-23-37-33(31)40)24-14-16-27(17-15-24)42-26-10-3-2-4-11-26;1-37(26-10-5-6-17-33-26)18-7-11-27(40)38-19-16-23(20-38)39-31-28(30(32)34-21-35-31)29(36-39)22-12-14-25(15-13-22)41-24-8-3-2-4-9-24;31-29-27-28(21-11-13-24(14-12-21)40-23-7-2-1-3-8-23)36-38(30(27)35-20-34-29)22-15-18-37(19-22)26(39)10-6-17-33-25-9-4-5-16-32-25;/h2-6,8,10-18,22-23,25H,7,9,19-21H2,1H3,(H2,34,36,37);2-15,17,21,23H,16,18-20H2,1H3,(H2,32,34,35);1-14,16,20,22H,15,17-19H2,(H,32,33)(H2,31,34,35);1H4/b13-8+;11-7+;10-6+;/t25-;23-;22-;/m111./s1. The maximum atomic E-state index is 13.1. The molecule has 0 unspecified atom stereocenters. The normalized spacial score (nSPS) is 15.0. The number of para-hydroxylation sites is 3. The first-order valence-electron chi connectivity index (χ1n) is 40.6. The molecule has 3 atom stereocenters. The van der Waals surface area contributed by atoms with E-state index in [0.717, 1.165) is 117 Å². The van der Waals surface area contributed by atoms with E-state index in [9.17, 15) is 14.4 Å². The lowest BCUT2D eigenvalue weighted by Gasteiger charge is -2.33. The number of ether oxygens (including phenoxy) is 3. The van der Waals surface area contributed by atoms with Gasteiger partial charge in [0.1, 0.15) is 105 Å². The van der Waals surface area contributed by atoms with Crippen LogP contribution >= 0.6 is 0 Å². The molecule has 124 heavy (non-hydrogen) atoms. The Hall–Kier alpha value is -15.7. The molecule has 9 aromatic heterocycles. The van der Waals surface area contributed by atoms with E-state index in [4.69, 9.17) is 41.6 Å². The van der Waals surface area contributed by atoms with Gasteiger partial charge in [0.15, 0.2) is 11.3 Å². The number of likely N-dealkylation sites (tertiary alicyclic amines) is 3. The average molecular weight is 1650 g/mol. The molecule has 3 saturated heterocycles. The number of amides is 3. The SMILES string of the molecule is C.CN(C/C=C/C(=O)N1CCC[C@@H](n2cc(-c3ccc(Oc4ccccc4)cc3)c3c(N)ncnc32)C1)c1ccccn1.CN(C/C=C/C(=O)N1CC[C@@H](n2nc(-c3ccc(Oc4ccccc4)cc3)c3c(N)ncnc32)C1)c1ccccn1.Nc1ncnc2c1c(-c1ccc(Oc3ccccc3)cc1)nn2[C@@H]1CCN(C(=O)/C=C/CNc2ccccn2)C1. The quantitative estimate of drug-likeness (QED) is 0.0408. The van der Waals surface area contributed by atoms with Crippen molar-refractivity contribution in [2.24, 2.45) is 0 Å². The molecule has 29 nitrogen and oxygen atoms in total. The Bertz CT molecular complexity index is 6190. The minimum absolute atomic E-state index is 0. The molecule has 0 bridgehead atoms. The number of carbonyl (C=O) groups excluding carboxylic acids is 3. The summed E-state index contributed by atoms with van der Waals surface area (Å²) in [5.74, 6) is 8.10. The van der Waals surface area contributed by atoms with Gasteiger partial charge in [0.25, 0.3) is 0 Å². The minimum atomic E-state index is -0.0369. The van der Waals surface area contributed by atoms with Gasteiger partial charge in [-0.15, -0.1) is 0 Å². The summed E-state index contributed by atoms with van der Waals surface area (Å²) in [5, 5.41) is 15.3. The predicted octanol–water partition coefficient (Wildman–Crippen LogP) is 15.8. The molecule has 3 aliphatic heterocycles. The number of piperidine rings is 1. The Morgan fingerprint density at radius 1 is 0.411 bits per heavy atom. The van der Waals surface area contributed by atoms with E-state index < -0.39 is 0 Å². The van der Waals surface area contributed by atoms with Crippen molar-refractivity contribution in [2.75, 3.05) is 105 Å². The summed E-state index contributed by atoms with van der Waals surface area (Å²) in [6.07, 6.45) is 25.6. The monoisotopic (exact) mass is 1650 g/mol. The largest absolute Gasteiger partial charge is 0.457 e. The van der Waals surface area contributed by atoms with Crippen molar-refractivity contribution in [1.29, 1.82) is 0 Å². The molecule has 12 heterocycles. The van der Waals surface area contributed by atoms with Crippen molar-refractivity contribution in [2.45, 2.75) is 51.2 Å². The number of fused-ring (bicyclic) bond motifs is 3. The molecule has 15 aromatic rings. The number of nitrogens with one attached hydrogen (secondary N) is 1. The van der Waals surface area contributed by atoms with Crippen molar-refractivity contribution in [3.63, 3.8) is 0 Å². The number of carbonyl (C=O) groups is 3. The van der Waals surface area contributed by atoms with Crippen molar-refractivity contribution >= 4 is 85.7 Å². The third-order valence-electron chi connectivity index (χ3n) is 21.5. The fraction of sp³-hybridized carbons (Fsp3) is 0.200. The number of pyridine rings is 3. The molecule has 29 heteroatoms. The van der Waals surface area contributed by atoms with Crippen LogP contribution in [-0.4, -0.2) is 174 Å². The lowest BCUT2D eigenvalue weighted by atomic mass is 10.1. The van der Waals surface area contributed by atoms with E-state index in [1.165, 1.54) is 19.0 Å². The Labute approximate surface area is 717 Å². The molecule has 3 fully saturated rings. The van der Waals surface area contributed by atoms with Gasteiger partial charge in [-0.05, 0) is 165 Å². The van der Waals surface area contributed by atoms with Crippen LogP contribution in [0.4, 0.5) is 34.9 Å². The van der Waals surface area contributed by atoms with Crippen LogP contribution in [0.5, 0.6) is 34.5 Å². The van der Waals surface area contributed by atoms with Gasteiger partial charge in [-0.1, -0.05) is 111 Å². The highest BCUT2D eigenvalue weighted by Crippen LogP contribution is 2.41. The molecule has 6 aromatic carbocycles. The number of aromatic nitrogens is 14. The fourth-order valence-electron chi connectivity index (χ4n) is 15.2. The van der Waals surface area contributed by atoms with E-state index in [2.05, 4.69) is 60.9 Å². The second kappa shape index (κ2) is 39.5. The molecule has 0 radical (unpaired) electrons. The smallest absolute Gasteiger partial charge is 0.246 e. The Balaban J connectivity index is 0.000000143. The summed E-state index contributed by atoms with van der Waals surface area (Å²) >= 11 is 0. The molecular formula is C95H95N23O6. The molecule has 0 saturated carbocycles. The molecular weight excluding hydrogens is 1560 g/mol. The molecule has 18 rings (SSSR count). The zero-order valence-corrected chi connectivity index (χ0v) is 67.9. The number of hydrogen-bond donors (Lipinski definition) is 4. The minimum Gasteiger partial charge on any atom is -0.457 e. The Morgan fingerprint density at radius 3 is 1.23 bits per heavy atom. The fourth-order valence-corrected chi connectivity index (χ4v) is 15.2. The van der Waals surface area contributed by atoms with Gasteiger partial charge in [0, 0.05) is 133 Å². The average Bonchev–Trinajstić information content (AvgIpc) is 1.62. The first-order valence-corrected chi connectivity index (χ1v) is 40.6. The zero-order chi connectivity index (χ0) is 84.4. The summed E-state index contributed by atoms with van der Waals surface area (Å²) in [6.45, 7) is 5.33. The van der Waals surface area contributed by atoms with Crippen LogP contribution in [0.1, 0.15) is 51.2 Å². The van der Waals surface area contributed by atoms with Crippen LogP contribution in [0, 0.1) is 0 Å². The van der Waals surface area contributed by atoms with Crippen molar-refractivity contribution in [3.8, 4) is 68.1 Å².